The molecule has 28 heavy (non-hydrogen) atoms. The summed E-state index contributed by atoms with van der Waals surface area (Å²) in [5, 5.41) is 12.4. The predicted molar refractivity (Wildman–Crippen MR) is 106 cm³/mol. The van der Waals surface area contributed by atoms with E-state index >= 15 is 4.39 Å². The molecule has 4 nitrogen and oxygen atoms in total. The van der Waals surface area contributed by atoms with Crippen LogP contribution in [0.4, 0.5) is 10.2 Å². The Bertz CT molecular complexity index is 1140. The molecule has 0 atom stereocenters. The number of rotatable bonds is 3. The van der Waals surface area contributed by atoms with Gasteiger partial charge in [0.05, 0.1) is 18.2 Å². The molecule has 1 aromatic carbocycles. The van der Waals surface area contributed by atoms with Gasteiger partial charge in [-0.25, -0.2) is 9.37 Å². The lowest BCUT2D eigenvalue weighted by Crippen LogP contribution is -2.08. The van der Waals surface area contributed by atoms with Gasteiger partial charge in [0.25, 0.3) is 0 Å². The second-order valence-corrected chi connectivity index (χ2v) is 7.70. The van der Waals surface area contributed by atoms with Crippen molar-refractivity contribution in [3.63, 3.8) is 0 Å². The second kappa shape index (κ2) is 6.13. The smallest absolute Gasteiger partial charge is 0.140 e. The summed E-state index contributed by atoms with van der Waals surface area (Å²) in [5.41, 5.74) is 5.49. The molecule has 0 saturated heterocycles. The lowest BCUT2D eigenvalue weighted by atomic mass is 9.94. The number of nitriles is 1. The minimum Gasteiger partial charge on any atom is -0.369 e. The van der Waals surface area contributed by atoms with Gasteiger partial charge in [0.1, 0.15) is 11.6 Å². The van der Waals surface area contributed by atoms with Crippen molar-refractivity contribution < 1.29 is 4.39 Å². The largest absolute Gasteiger partial charge is 0.369 e. The summed E-state index contributed by atoms with van der Waals surface area (Å²) in [6.07, 6.45) is 5.99. The topological polar surface area (TPSA) is 61.6 Å². The van der Waals surface area contributed by atoms with Crippen LogP contribution in [-0.2, 0) is 11.8 Å². The van der Waals surface area contributed by atoms with Gasteiger partial charge in [0.15, 0.2) is 0 Å². The van der Waals surface area contributed by atoms with Gasteiger partial charge in [-0.2, -0.15) is 5.26 Å². The van der Waals surface area contributed by atoms with Gasteiger partial charge in [-0.1, -0.05) is 12.1 Å². The van der Waals surface area contributed by atoms with E-state index < -0.39 is 0 Å². The first-order chi connectivity index (χ1) is 13.6. The van der Waals surface area contributed by atoms with Crippen molar-refractivity contribution in [3.05, 3.63) is 65.2 Å². The van der Waals surface area contributed by atoms with Crippen LogP contribution in [0, 0.1) is 24.1 Å². The zero-order chi connectivity index (χ0) is 19.3. The summed E-state index contributed by atoms with van der Waals surface area (Å²) in [7, 11) is 0. The molecule has 2 aromatic heterocycles. The molecule has 1 aliphatic heterocycles. The van der Waals surface area contributed by atoms with E-state index in [0.717, 1.165) is 41.9 Å². The number of hydrogen-bond donors (Lipinski definition) is 1. The van der Waals surface area contributed by atoms with E-state index in [2.05, 4.69) is 27.4 Å². The van der Waals surface area contributed by atoms with Gasteiger partial charge in [-0.3, -0.25) is 4.98 Å². The molecule has 1 spiro atoms. The van der Waals surface area contributed by atoms with Crippen LogP contribution < -0.4 is 5.32 Å². The van der Waals surface area contributed by atoms with E-state index in [-0.39, 0.29) is 17.7 Å². The van der Waals surface area contributed by atoms with E-state index in [1.807, 2.05) is 19.1 Å². The van der Waals surface area contributed by atoms with E-state index in [1.54, 1.807) is 24.5 Å². The first-order valence-electron chi connectivity index (χ1n) is 9.48. The zero-order valence-electron chi connectivity index (χ0n) is 15.6. The van der Waals surface area contributed by atoms with Crippen molar-refractivity contribution in [1.29, 1.82) is 5.26 Å². The van der Waals surface area contributed by atoms with E-state index in [9.17, 15) is 0 Å². The first-order valence-corrected chi connectivity index (χ1v) is 9.48. The molecule has 0 bridgehead atoms. The van der Waals surface area contributed by atoms with Crippen LogP contribution in [0.5, 0.6) is 0 Å². The normalized spacial score (nSPS) is 15.8. The fourth-order valence-corrected chi connectivity index (χ4v) is 4.16. The summed E-state index contributed by atoms with van der Waals surface area (Å²) in [4.78, 5) is 8.94. The third-order valence-electron chi connectivity index (χ3n) is 6.06. The first kappa shape index (κ1) is 16.9. The van der Waals surface area contributed by atoms with E-state index in [4.69, 9.17) is 5.26 Å². The molecule has 0 unspecified atom stereocenters. The fourth-order valence-electron chi connectivity index (χ4n) is 4.16. The van der Waals surface area contributed by atoms with Crippen molar-refractivity contribution in [2.45, 2.75) is 31.6 Å². The highest BCUT2D eigenvalue weighted by atomic mass is 19.1. The average molecular weight is 370 g/mol. The van der Waals surface area contributed by atoms with E-state index in [1.165, 1.54) is 5.56 Å². The number of aromatic nitrogens is 2. The Labute approximate surface area is 163 Å². The number of pyridine rings is 2. The molecule has 138 valence electrons. The van der Waals surface area contributed by atoms with Crippen LogP contribution in [-0.4, -0.2) is 16.5 Å². The van der Waals surface area contributed by atoms with Crippen molar-refractivity contribution in [3.8, 4) is 28.5 Å². The van der Waals surface area contributed by atoms with Crippen LogP contribution in [0.2, 0.25) is 0 Å². The van der Waals surface area contributed by atoms with Crippen LogP contribution in [0.15, 0.2) is 42.7 Å². The summed E-state index contributed by atoms with van der Waals surface area (Å²) < 4.78 is 15.6. The molecule has 1 fully saturated rings. The molecular weight excluding hydrogens is 351 g/mol. The highest BCUT2D eigenvalue weighted by Gasteiger charge is 2.49. The number of halogens is 1. The Kier molecular flexibility index (Phi) is 3.70. The molecule has 1 saturated carbocycles. The van der Waals surface area contributed by atoms with Gasteiger partial charge >= 0.3 is 0 Å². The highest BCUT2D eigenvalue weighted by Crippen LogP contribution is 2.54. The van der Waals surface area contributed by atoms with Gasteiger partial charge in [0, 0.05) is 46.6 Å². The molecule has 3 aromatic rings. The van der Waals surface area contributed by atoms with E-state index in [0.29, 0.717) is 16.8 Å². The van der Waals surface area contributed by atoms with Crippen molar-refractivity contribution in [2.75, 3.05) is 11.9 Å². The van der Waals surface area contributed by atoms with Crippen LogP contribution in [0.1, 0.15) is 29.5 Å². The molecule has 1 N–H and O–H groups in total. The Morgan fingerprint density at radius 3 is 2.82 bits per heavy atom. The van der Waals surface area contributed by atoms with Crippen molar-refractivity contribution in [2.24, 2.45) is 0 Å². The molecule has 5 rings (SSSR count). The second-order valence-electron chi connectivity index (χ2n) is 7.70. The quantitative estimate of drug-likeness (QED) is 0.721. The maximum atomic E-state index is 15.6. The number of anilines is 1. The molecule has 1 aliphatic carbocycles. The molecule has 0 radical (unpaired) electrons. The SMILES string of the molecule is Cc1c(CC#N)ccnc1-c1cccc(-c2cnc3c(c2)C2(CC2)CN3)c1F. The maximum absolute atomic E-state index is 15.6. The number of fused-ring (bicyclic) bond motifs is 2. The summed E-state index contributed by atoms with van der Waals surface area (Å²) in [6.45, 7) is 2.82. The van der Waals surface area contributed by atoms with Crippen LogP contribution in [0.3, 0.4) is 0 Å². The Hall–Kier alpha value is -3.26. The average Bonchev–Trinajstić information content (AvgIpc) is 3.41. The Morgan fingerprint density at radius 1 is 1.21 bits per heavy atom. The predicted octanol–water partition coefficient (Wildman–Crippen LogP) is 4.78. The summed E-state index contributed by atoms with van der Waals surface area (Å²) in [5.74, 6) is 0.629. The number of nitrogens with zero attached hydrogens (tertiary/aromatic N) is 3. The van der Waals surface area contributed by atoms with Gasteiger partial charge in [-0.15, -0.1) is 0 Å². The van der Waals surface area contributed by atoms with Crippen molar-refractivity contribution >= 4 is 5.82 Å². The van der Waals surface area contributed by atoms with Gasteiger partial charge in [0.2, 0.25) is 0 Å². The molecule has 3 heterocycles. The molecule has 5 heteroatoms. The minimum atomic E-state index is -0.301. The monoisotopic (exact) mass is 370 g/mol. The molecule has 0 amide bonds. The highest BCUT2D eigenvalue weighted by molar-refractivity contribution is 5.76. The minimum absolute atomic E-state index is 0.205. The number of benzene rings is 1. The lowest BCUT2D eigenvalue weighted by molar-refractivity contribution is 0.634. The molecule has 2 aliphatic rings. The van der Waals surface area contributed by atoms with Gasteiger partial charge < -0.3 is 5.32 Å². The van der Waals surface area contributed by atoms with Crippen molar-refractivity contribution in [1.82, 2.24) is 9.97 Å². The third-order valence-corrected chi connectivity index (χ3v) is 6.06. The van der Waals surface area contributed by atoms with Crippen LogP contribution in [0.25, 0.3) is 22.4 Å². The Morgan fingerprint density at radius 2 is 2.04 bits per heavy atom. The standard InChI is InChI=1S/C23H19FN4/c1-14-15(5-9-25)6-10-26-21(14)18-4-2-3-17(20(18)24)16-11-19-22(27-12-16)28-13-23(19)7-8-23/h2-4,6,10-12H,5,7-8,13H2,1H3,(H,27,28). The Balaban J connectivity index is 1.62. The zero-order valence-corrected chi connectivity index (χ0v) is 15.6. The molecular formula is C23H19FN4. The maximum Gasteiger partial charge on any atom is 0.140 e. The third kappa shape index (κ3) is 2.49. The summed E-state index contributed by atoms with van der Waals surface area (Å²) in [6, 6.07) is 11.4. The van der Waals surface area contributed by atoms with Gasteiger partial charge in [-0.05, 0) is 49.1 Å². The number of nitrogens with one attached hydrogen (secondary N) is 1. The summed E-state index contributed by atoms with van der Waals surface area (Å²) >= 11 is 0. The fraction of sp³-hybridized carbons (Fsp3) is 0.261. The van der Waals surface area contributed by atoms with Crippen LogP contribution >= 0.6 is 0 Å². The number of hydrogen-bond acceptors (Lipinski definition) is 4. The lowest BCUT2D eigenvalue weighted by Gasteiger charge is -2.13.